The summed E-state index contributed by atoms with van der Waals surface area (Å²) in [5.74, 6) is 3.44. The molecule has 5 aliphatic rings. The Morgan fingerprint density at radius 3 is 2.45 bits per heavy atom. The summed E-state index contributed by atoms with van der Waals surface area (Å²) in [7, 11) is 4.71. The van der Waals surface area contributed by atoms with Crippen molar-refractivity contribution in [2.45, 2.75) is 124 Å². The highest BCUT2D eigenvalue weighted by Gasteiger charge is 2.52. The van der Waals surface area contributed by atoms with Crippen molar-refractivity contribution in [1.82, 2.24) is 4.90 Å². The maximum Gasteiger partial charge on any atom is 0.158 e. The molecular formula is C35H56ClN2+. The van der Waals surface area contributed by atoms with Crippen molar-refractivity contribution in [1.29, 1.82) is 0 Å². The lowest BCUT2D eigenvalue weighted by molar-refractivity contribution is -0.523. The van der Waals surface area contributed by atoms with E-state index < -0.39 is 0 Å². The monoisotopic (exact) mass is 539 g/mol. The van der Waals surface area contributed by atoms with Crippen LogP contribution in [0.3, 0.4) is 0 Å². The van der Waals surface area contributed by atoms with Crippen LogP contribution >= 0.6 is 11.6 Å². The second-order valence-electron chi connectivity index (χ2n) is 14.8. The smallest absolute Gasteiger partial charge is 0.158 e. The van der Waals surface area contributed by atoms with E-state index in [9.17, 15) is 0 Å². The molecule has 2 aliphatic heterocycles. The van der Waals surface area contributed by atoms with Crippen molar-refractivity contribution < 1.29 is 4.58 Å². The second kappa shape index (κ2) is 11.1. The third-order valence-electron chi connectivity index (χ3n) is 12.0. The summed E-state index contributed by atoms with van der Waals surface area (Å²) >= 11 is 7.10. The zero-order valence-corrected chi connectivity index (χ0v) is 26.5. The average Bonchev–Trinajstić information content (AvgIpc) is 3.31. The molecule has 3 aliphatic carbocycles. The highest BCUT2D eigenvalue weighted by Crippen LogP contribution is 2.53. The largest absolute Gasteiger partial charge is 0.374 e. The Hall–Kier alpha value is -1.02. The first kappa shape index (κ1) is 28.5. The Kier molecular flexibility index (Phi) is 8.33. The third kappa shape index (κ3) is 4.99. The Labute approximate surface area is 239 Å². The zero-order valence-electron chi connectivity index (χ0n) is 25.7. The number of hydrogen-bond acceptors (Lipinski definition) is 1. The van der Waals surface area contributed by atoms with Crippen molar-refractivity contribution >= 4 is 17.3 Å². The Morgan fingerprint density at radius 2 is 1.71 bits per heavy atom. The number of nitrogens with zero attached hydrogens (tertiary/aromatic N) is 2. The van der Waals surface area contributed by atoms with Crippen LogP contribution in [0.2, 0.25) is 0 Å². The fourth-order valence-corrected chi connectivity index (χ4v) is 10.6. The molecule has 0 aromatic heterocycles. The van der Waals surface area contributed by atoms with Gasteiger partial charge in [-0.3, -0.25) is 0 Å². The van der Waals surface area contributed by atoms with E-state index in [1.54, 1.807) is 5.71 Å². The molecule has 0 amide bonds. The van der Waals surface area contributed by atoms with Gasteiger partial charge in [-0.2, -0.15) is 0 Å². The predicted octanol–water partition coefficient (Wildman–Crippen LogP) is 9.35. The summed E-state index contributed by atoms with van der Waals surface area (Å²) in [4.78, 5) is 2.61. The fraction of sp³-hybridized carbons (Fsp3) is 0.800. The van der Waals surface area contributed by atoms with Crippen LogP contribution in [-0.2, 0) is 0 Å². The molecular weight excluding hydrogens is 484 g/mol. The molecule has 0 aromatic rings. The van der Waals surface area contributed by atoms with Crippen molar-refractivity contribution in [3.63, 3.8) is 0 Å². The topological polar surface area (TPSA) is 6.25 Å². The SMILES string of the molecule is CCCC1CCCC2C[N+](C)=C(CCC3=C(Cl)C(=CC=C4N(C)C5CCCCC5C4(C)C)CC3)C(C)(C)C12. The van der Waals surface area contributed by atoms with E-state index in [0.717, 1.165) is 54.0 Å². The van der Waals surface area contributed by atoms with Gasteiger partial charge in [0, 0.05) is 47.0 Å². The van der Waals surface area contributed by atoms with Gasteiger partial charge in [0.1, 0.15) is 13.6 Å². The molecule has 3 heteroatoms. The van der Waals surface area contributed by atoms with Crippen LogP contribution in [0.5, 0.6) is 0 Å². The summed E-state index contributed by atoms with van der Waals surface area (Å²) in [5.41, 5.74) is 6.62. The van der Waals surface area contributed by atoms with Crippen LogP contribution in [0.25, 0.3) is 0 Å². The van der Waals surface area contributed by atoms with E-state index in [0.29, 0.717) is 5.41 Å². The number of halogens is 1. The molecule has 0 spiro atoms. The molecule has 0 N–H and O–H groups in total. The van der Waals surface area contributed by atoms with Gasteiger partial charge in [0.05, 0.1) is 0 Å². The number of hydrogen-bond donors (Lipinski definition) is 0. The van der Waals surface area contributed by atoms with Crippen molar-refractivity contribution in [3.05, 3.63) is 34.0 Å². The van der Waals surface area contributed by atoms with Crippen molar-refractivity contribution in [2.75, 3.05) is 20.6 Å². The Morgan fingerprint density at radius 1 is 0.947 bits per heavy atom. The Bertz CT molecular complexity index is 1020. The molecule has 0 aromatic carbocycles. The minimum Gasteiger partial charge on any atom is -0.374 e. The van der Waals surface area contributed by atoms with Crippen LogP contribution in [0.1, 0.15) is 118 Å². The first-order valence-corrected chi connectivity index (χ1v) is 16.5. The maximum absolute atomic E-state index is 7.10. The van der Waals surface area contributed by atoms with Gasteiger partial charge in [0.2, 0.25) is 0 Å². The molecule has 5 atom stereocenters. The van der Waals surface area contributed by atoms with Crippen LogP contribution in [-0.4, -0.2) is 41.9 Å². The normalized spacial score (nSPS) is 36.8. The van der Waals surface area contributed by atoms with Gasteiger partial charge in [-0.25, -0.2) is 4.58 Å². The van der Waals surface area contributed by atoms with Gasteiger partial charge in [0.15, 0.2) is 5.71 Å². The lowest BCUT2D eigenvalue weighted by atomic mass is 9.56. The van der Waals surface area contributed by atoms with Crippen molar-refractivity contribution in [3.8, 4) is 0 Å². The van der Waals surface area contributed by atoms with Gasteiger partial charge in [0.25, 0.3) is 0 Å². The standard InChI is InChI=1S/C35H56ClN2/c1-8-12-24-13-11-14-27-23-37(6)30(35(4,5)32(24)27)21-19-25-17-18-26(33(25)36)20-22-31-34(2,3)28-15-9-10-16-29(28)38(31)7/h20,22,24,27-29,32H,8-19,21,23H2,1-7H3/q+1. The second-order valence-corrected chi connectivity index (χ2v) is 15.1. The van der Waals surface area contributed by atoms with Gasteiger partial charge >= 0.3 is 0 Å². The lowest BCUT2D eigenvalue weighted by Gasteiger charge is -2.49. The average molecular weight is 540 g/mol. The third-order valence-corrected chi connectivity index (χ3v) is 12.5. The molecule has 2 nitrogen and oxygen atoms in total. The van der Waals surface area contributed by atoms with E-state index >= 15 is 0 Å². The first-order chi connectivity index (χ1) is 18.1. The molecule has 38 heavy (non-hydrogen) atoms. The number of allylic oxidation sites excluding steroid dienone is 6. The van der Waals surface area contributed by atoms with Crippen LogP contribution < -0.4 is 0 Å². The zero-order chi connectivity index (χ0) is 27.2. The minimum absolute atomic E-state index is 0.259. The highest BCUT2D eigenvalue weighted by atomic mass is 35.5. The minimum atomic E-state index is 0.259. The summed E-state index contributed by atoms with van der Waals surface area (Å²) in [6.07, 6.45) is 21.9. The van der Waals surface area contributed by atoms with E-state index in [2.05, 4.69) is 70.3 Å². The summed E-state index contributed by atoms with van der Waals surface area (Å²) in [6.45, 7) is 13.7. The number of rotatable bonds is 6. The Balaban J connectivity index is 1.31. The summed E-state index contributed by atoms with van der Waals surface area (Å²) in [5, 5.41) is 1.08. The number of likely N-dealkylation sites (tertiary alicyclic amines) is 1. The van der Waals surface area contributed by atoms with Crippen LogP contribution in [0.4, 0.5) is 0 Å². The summed E-state index contributed by atoms with van der Waals surface area (Å²) in [6, 6.07) is 0.724. The fourth-order valence-electron chi connectivity index (χ4n) is 10.3. The molecule has 5 unspecified atom stereocenters. The molecule has 2 saturated carbocycles. The molecule has 0 bridgehead atoms. The molecule has 3 fully saturated rings. The molecule has 5 rings (SSSR count). The van der Waals surface area contributed by atoms with E-state index in [1.807, 2.05) is 0 Å². The van der Waals surface area contributed by atoms with E-state index in [4.69, 9.17) is 11.6 Å². The quantitative estimate of drug-likeness (QED) is 0.305. The van der Waals surface area contributed by atoms with Gasteiger partial charge in [-0.05, 0) is 67.9 Å². The van der Waals surface area contributed by atoms with Crippen LogP contribution in [0, 0.1) is 34.5 Å². The van der Waals surface area contributed by atoms with Gasteiger partial charge in [-0.15, -0.1) is 0 Å². The van der Waals surface area contributed by atoms with E-state index in [1.165, 1.54) is 87.6 Å². The first-order valence-electron chi connectivity index (χ1n) is 16.2. The van der Waals surface area contributed by atoms with Gasteiger partial charge < -0.3 is 4.90 Å². The predicted molar refractivity (Wildman–Crippen MR) is 164 cm³/mol. The number of fused-ring (bicyclic) bond motifs is 2. The molecule has 212 valence electrons. The highest BCUT2D eigenvalue weighted by molar-refractivity contribution is 6.32. The van der Waals surface area contributed by atoms with Gasteiger partial charge in [-0.1, -0.05) is 96.4 Å². The lowest BCUT2D eigenvalue weighted by Crippen LogP contribution is -2.53. The summed E-state index contributed by atoms with van der Waals surface area (Å²) < 4.78 is 2.65. The molecule has 0 radical (unpaired) electrons. The maximum atomic E-state index is 7.10. The van der Waals surface area contributed by atoms with Crippen molar-refractivity contribution in [2.24, 2.45) is 34.5 Å². The molecule has 1 saturated heterocycles. The van der Waals surface area contributed by atoms with E-state index in [-0.39, 0.29) is 5.41 Å². The van der Waals surface area contributed by atoms with Crippen LogP contribution in [0.15, 0.2) is 34.0 Å². The molecule has 2 heterocycles.